The van der Waals surface area contributed by atoms with Gasteiger partial charge in [-0.05, 0) is 18.2 Å². The predicted molar refractivity (Wildman–Crippen MR) is 82.2 cm³/mol. The molecule has 25 heavy (non-hydrogen) atoms. The van der Waals surface area contributed by atoms with E-state index >= 15 is 0 Å². The molecule has 0 fully saturated rings. The third kappa shape index (κ3) is 3.78. The van der Waals surface area contributed by atoms with Crippen molar-refractivity contribution in [3.05, 3.63) is 76.1 Å². The van der Waals surface area contributed by atoms with Gasteiger partial charge in [-0.15, -0.1) is 0 Å². The first kappa shape index (κ1) is 19.2. The number of H-pyrrole nitrogens is 1. The third-order valence-corrected chi connectivity index (χ3v) is 3.54. The van der Waals surface area contributed by atoms with Gasteiger partial charge in [-0.1, -0.05) is 36.4 Å². The fourth-order valence-electron chi connectivity index (χ4n) is 2.39. The van der Waals surface area contributed by atoms with E-state index in [9.17, 15) is 22.8 Å². The molecule has 0 saturated heterocycles. The molecule has 3 aromatic rings. The minimum atomic E-state index is -4.53. The number of nitrogens with zero attached hydrogens (tertiary/aromatic N) is 1. The minimum absolute atomic E-state index is 0. The molecular formula is C17H11F3N2NaO2+. The average molecular weight is 355 g/mol. The Labute approximate surface area is 162 Å². The molecule has 0 unspecified atom stereocenters. The second-order valence-electron chi connectivity index (χ2n) is 5.07. The van der Waals surface area contributed by atoms with Crippen molar-refractivity contribution in [1.29, 1.82) is 0 Å². The number of rotatable bonds is 3. The maximum absolute atomic E-state index is 12.8. The Balaban J connectivity index is 0.00000225. The molecule has 0 atom stereocenters. The zero-order chi connectivity index (χ0) is 17.3. The van der Waals surface area contributed by atoms with Gasteiger partial charge in [-0.25, -0.2) is 4.68 Å². The van der Waals surface area contributed by atoms with E-state index in [1.807, 2.05) is 0 Å². The monoisotopic (exact) mass is 355 g/mol. The third-order valence-electron chi connectivity index (χ3n) is 3.54. The Morgan fingerprint density at radius 2 is 1.68 bits per heavy atom. The van der Waals surface area contributed by atoms with Crippen molar-refractivity contribution in [1.82, 2.24) is 9.78 Å². The van der Waals surface area contributed by atoms with Crippen LogP contribution >= 0.6 is 0 Å². The van der Waals surface area contributed by atoms with E-state index in [2.05, 4.69) is 5.10 Å². The van der Waals surface area contributed by atoms with E-state index in [-0.39, 0.29) is 46.5 Å². The summed E-state index contributed by atoms with van der Waals surface area (Å²) < 4.78 is 39.5. The van der Waals surface area contributed by atoms with Gasteiger partial charge in [0.2, 0.25) is 0 Å². The molecule has 0 aliphatic rings. The normalized spacial score (nSPS) is 11.0. The molecular weight excluding hydrogens is 344 g/mol. The van der Waals surface area contributed by atoms with Crippen LogP contribution in [-0.4, -0.2) is 16.1 Å². The number of halogens is 3. The number of carbonyl (C=O) groups excluding carboxylic acids is 1. The van der Waals surface area contributed by atoms with E-state index < -0.39 is 17.3 Å². The van der Waals surface area contributed by atoms with E-state index in [0.717, 1.165) is 16.8 Å². The van der Waals surface area contributed by atoms with E-state index in [4.69, 9.17) is 0 Å². The number of nitrogens with one attached hydrogen (secondary N) is 1. The molecule has 3 rings (SSSR count). The maximum Gasteiger partial charge on any atom is 1.00 e. The van der Waals surface area contributed by atoms with Crippen LogP contribution in [0, 0.1) is 0 Å². The van der Waals surface area contributed by atoms with Crippen LogP contribution in [0.4, 0.5) is 13.2 Å². The smallest absolute Gasteiger partial charge is 0.298 e. The first-order valence-electron chi connectivity index (χ1n) is 6.95. The summed E-state index contributed by atoms with van der Waals surface area (Å²) in [6, 6.07) is 12.9. The molecule has 0 aliphatic carbocycles. The predicted octanol–water partition coefficient (Wildman–Crippen LogP) is 0.668. The number of aldehydes is 1. The van der Waals surface area contributed by atoms with Crippen molar-refractivity contribution < 1.29 is 47.5 Å². The topological polar surface area (TPSA) is 54.9 Å². The van der Waals surface area contributed by atoms with Gasteiger partial charge in [0, 0.05) is 5.56 Å². The summed E-state index contributed by atoms with van der Waals surface area (Å²) in [6.07, 6.45) is -4.13. The molecule has 0 radical (unpaired) electrons. The molecule has 122 valence electrons. The van der Waals surface area contributed by atoms with Crippen LogP contribution in [0.2, 0.25) is 0 Å². The molecule has 0 saturated carbocycles. The van der Waals surface area contributed by atoms with Crippen molar-refractivity contribution in [3.8, 4) is 16.9 Å². The Morgan fingerprint density at radius 3 is 2.28 bits per heavy atom. The quantitative estimate of drug-likeness (QED) is 0.555. The Kier molecular flexibility index (Phi) is 5.72. The van der Waals surface area contributed by atoms with Crippen molar-refractivity contribution in [2.75, 3.05) is 0 Å². The molecule has 0 spiro atoms. The summed E-state index contributed by atoms with van der Waals surface area (Å²) in [5, 5.41) is 2.72. The summed E-state index contributed by atoms with van der Waals surface area (Å²) in [7, 11) is 0. The van der Waals surface area contributed by atoms with Gasteiger partial charge in [0.25, 0.3) is 5.56 Å². The van der Waals surface area contributed by atoms with Crippen molar-refractivity contribution in [2.45, 2.75) is 6.18 Å². The van der Waals surface area contributed by atoms with Crippen LogP contribution in [0.3, 0.4) is 0 Å². The van der Waals surface area contributed by atoms with Gasteiger partial charge in [-0.3, -0.25) is 14.7 Å². The van der Waals surface area contributed by atoms with Crippen LogP contribution in [-0.2, 0) is 6.18 Å². The standard InChI is InChI=1S/C17H11F3N2O2.Na/c18-17(19,20)12-7-4-8-13(9-12)22-16(24)14(10-23)15(21-22)11-5-2-1-3-6-11;/h1-10,21H;/q;+1. The van der Waals surface area contributed by atoms with Gasteiger partial charge in [0.05, 0.1) is 16.9 Å². The number of hydrogen-bond donors (Lipinski definition) is 1. The molecule has 1 heterocycles. The summed E-state index contributed by atoms with van der Waals surface area (Å²) in [5.74, 6) is 0. The number of benzene rings is 2. The molecule has 4 nitrogen and oxygen atoms in total. The molecule has 0 bridgehead atoms. The average Bonchev–Trinajstić information content (AvgIpc) is 2.91. The molecule has 8 heteroatoms. The SMILES string of the molecule is O=Cc1c(-c2ccccc2)[nH]n(-c2cccc(C(F)(F)F)c2)c1=O.[Na+]. The molecule has 1 N–H and O–H groups in total. The van der Waals surface area contributed by atoms with Gasteiger partial charge < -0.3 is 0 Å². The van der Waals surface area contributed by atoms with Gasteiger partial charge in [-0.2, -0.15) is 13.2 Å². The Hall–Kier alpha value is -2.09. The van der Waals surface area contributed by atoms with Crippen molar-refractivity contribution in [2.24, 2.45) is 0 Å². The molecule has 0 amide bonds. The van der Waals surface area contributed by atoms with Crippen LogP contribution in [0.25, 0.3) is 16.9 Å². The maximum atomic E-state index is 12.8. The number of aromatic nitrogens is 2. The number of aromatic amines is 1. The van der Waals surface area contributed by atoms with E-state index in [0.29, 0.717) is 11.8 Å². The summed E-state index contributed by atoms with van der Waals surface area (Å²) in [6.45, 7) is 0. The van der Waals surface area contributed by atoms with Crippen LogP contribution in [0.5, 0.6) is 0 Å². The van der Waals surface area contributed by atoms with Gasteiger partial charge in [0.1, 0.15) is 5.56 Å². The summed E-state index contributed by atoms with van der Waals surface area (Å²) in [4.78, 5) is 23.7. The largest absolute Gasteiger partial charge is 1.00 e. The second kappa shape index (κ2) is 7.43. The Morgan fingerprint density at radius 1 is 1.00 bits per heavy atom. The van der Waals surface area contributed by atoms with Crippen molar-refractivity contribution >= 4 is 6.29 Å². The van der Waals surface area contributed by atoms with E-state index in [1.54, 1.807) is 30.3 Å². The van der Waals surface area contributed by atoms with Crippen molar-refractivity contribution in [3.63, 3.8) is 0 Å². The fourth-order valence-corrected chi connectivity index (χ4v) is 2.39. The number of alkyl halides is 3. The summed E-state index contributed by atoms with van der Waals surface area (Å²) >= 11 is 0. The van der Waals surface area contributed by atoms with E-state index in [1.165, 1.54) is 12.1 Å². The molecule has 1 aromatic heterocycles. The molecule has 2 aromatic carbocycles. The van der Waals surface area contributed by atoms with Crippen LogP contribution in [0.1, 0.15) is 15.9 Å². The molecule has 0 aliphatic heterocycles. The van der Waals surface area contributed by atoms with Gasteiger partial charge >= 0.3 is 35.7 Å². The fraction of sp³-hybridized carbons (Fsp3) is 0.0588. The Bertz CT molecular complexity index is 947. The van der Waals surface area contributed by atoms with Crippen LogP contribution in [0.15, 0.2) is 59.4 Å². The second-order valence-corrected chi connectivity index (χ2v) is 5.07. The minimum Gasteiger partial charge on any atom is -0.298 e. The first-order chi connectivity index (χ1) is 11.4. The zero-order valence-corrected chi connectivity index (χ0v) is 15.2. The number of hydrogen-bond acceptors (Lipinski definition) is 2. The summed E-state index contributed by atoms with van der Waals surface area (Å²) in [5.41, 5.74) is -0.882. The number of carbonyl (C=O) groups is 1. The zero-order valence-electron chi connectivity index (χ0n) is 13.2. The first-order valence-corrected chi connectivity index (χ1v) is 6.95. The van der Waals surface area contributed by atoms with Crippen LogP contribution < -0.4 is 35.1 Å². The van der Waals surface area contributed by atoms with Gasteiger partial charge in [0.15, 0.2) is 6.29 Å².